The summed E-state index contributed by atoms with van der Waals surface area (Å²) in [6.45, 7) is 8.59. The lowest BCUT2D eigenvalue weighted by atomic mass is 9.87. The summed E-state index contributed by atoms with van der Waals surface area (Å²) in [6, 6.07) is 13.4. The van der Waals surface area contributed by atoms with E-state index in [1.165, 1.54) is 5.56 Å². The Hall–Kier alpha value is -2.49. The lowest BCUT2D eigenvalue weighted by molar-refractivity contribution is -0.124. The summed E-state index contributed by atoms with van der Waals surface area (Å²) in [7, 11) is 0. The molecule has 1 amide bonds. The van der Waals surface area contributed by atoms with Crippen LogP contribution in [0.4, 0.5) is 11.4 Å². The summed E-state index contributed by atoms with van der Waals surface area (Å²) in [6.07, 6.45) is 1.55. The Labute approximate surface area is 150 Å². The van der Waals surface area contributed by atoms with Gasteiger partial charge in [-0.15, -0.1) is 0 Å². The van der Waals surface area contributed by atoms with Crippen molar-refractivity contribution in [2.24, 2.45) is 5.41 Å². The molecule has 2 aromatic carbocycles. The van der Waals surface area contributed by atoms with Gasteiger partial charge in [-0.25, -0.2) is 0 Å². The number of rotatable bonds is 7. The fraction of sp³-hybridized carbons (Fsp3) is 0.381. The lowest BCUT2D eigenvalue weighted by Gasteiger charge is -2.23. The van der Waals surface area contributed by atoms with E-state index in [0.29, 0.717) is 12.3 Å². The van der Waals surface area contributed by atoms with Crippen molar-refractivity contribution in [3.8, 4) is 5.75 Å². The number of carbonyl (C=O) groups is 1. The number of aryl methyl sites for hydroxylation is 2. The van der Waals surface area contributed by atoms with Crippen LogP contribution < -0.4 is 15.8 Å². The molecule has 0 aliphatic carbocycles. The minimum absolute atomic E-state index is 0.00941. The van der Waals surface area contributed by atoms with Gasteiger partial charge in [-0.05, 0) is 62.1 Å². The Morgan fingerprint density at radius 2 is 1.92 bits per heavy atom. The largest absolute Gasteiger partial charge is 0.493 e. The SMILES string of the molecule is Cc1ccc(C)c(OCCCC(C)(C)C(=O)Nc2cccc(N)c2)c1. The molecule has 0 saturated heterocycles. The predicted molar refractivity (Wildman–Crippen MR) is 104 cm³/mol. The summed E-state index contributed by atoms with van der Waals surface area (Å²) in [5, 5.41) is 2.94. The summed E-state index contributed by atoms with van der Waals surface area (Å²) in [5.74, 6) is 0.909. The molecule has 0 fully saturated rings. The van der Waals surface area contributed by atoms with Gasteiger partial charge in [0.25, 0.3) is 0 Å². The van der Waals surface area contributed by atoms with Gasteiger partial charge >= 0.3 is 0 Å². The maximum absolute atomic E-state index is 12.5. The smallest absolute Gasteiger partial charge is 0.230 e. The van der Waals surface area contributed by atoms with Crippen molar-refractivity contribution in [2.45, 2.75) is 40.5 Å². The number of ether oxygens (including phenoxy) is 1. The van der Waals surface area contributed by atoms with E-state index >= 15 is 0 Å². The van der Waals surface area contributed by atoms with Crippen molar-refractivity contribution in [1.29, 1.82) is 0 Å². The maximum atomic E-state index is 12.5. The van der Waals surface area contributed by atoms with Gasteiger partial charge in [0.1, 0.15) is 5.75 Å². The second-order valence-electron chi connectivity index (χ2n) is 7.18. The van der Waals surface area contributed by atoms with Crippen LogP contribution in [0.1, 0.15) is 37.8 Å². The third-order valence-corrected chi connectivity index (χ3v) is 4.31. The molecule has 0 aliphatic heterocycles. The first-order chi connectivity index (χ1) is 11.8. The number of benzene rings is 2. The molecule has 0 aromatic heterocycles. The molecule has 0 unspecified atom stereocenters. The number of nitrogens with one attached hydrogen (secondary N) is 1. The molecule has 0 spiro atoms. The second kappa shape index (κ2) is 8.06. The van der Waals surface area contributed by atoms with Gasteiger partial charge in [0.05, 0.1) is 6.61 Å². The molecule has 0 radical (unpaired) electrons. The molecular weight excluding hydrogens is 312 g/mol. The maximum Gasteiger partial charge on any atom is 0.230 e. The first-order valence-corrected chi connectivity index (χ1v) is 8.65. The predicted octanol–water partition coefficient (Wildman–Crippen LogP) is 4.71. The molecule has 4 nitrogen and oxygen atoms in total. The fourth-order valence-electron chi connectivity index (χ4n) is 2.59. The Morgan fingerprint density at radius 1 is 1.16 bits per heavy atom. The highest BCUT2D eigenvalue weighted by atomic mass is 16.5. The van der Waals surface area contributed by atoms with Gasteiger partial charge in [0.15, 0.2) is 0 Å². The minimum atomic E-state index is -0.477. The molecule has 25 heavy (non-hydrogen) atoms. The lowest BCUT2D eigenvalue weighted by Crippen LogP contribution is -2.31. The van der Waals surface area contributed by atoms with Gasteiger partial charge in [-0.1, -0.05) is 32.0 Å². The van der Waals surface area contributed by atoms with E-state index in [-0.39, 0.29) is 5.91 Å². The normalized spacial score (nSPS) is 11.2. The number of nitrogens with two attached hydrogens (primary N) is 1. The fourth-order valence-corrected chi connectivity index (χ4v) is 2.59. The van der Waals surface area contributed by atoms with E-state index in [4.69, 9.17) is 10.5 Å². The van der Waals surface area contributed by atoms with Crippen molar-refractivity contribution in [3.63, 3.8) is 0 Å². The van der Waals surface area contributed by atoms with Gasteiger partial charge in [0, 0.05) is 16.8 Å². The molecule has 134 valence electrons. The number of anilines is 2. The standard InChI is InChI=1S/C21H28N2O2/c1-15-9-10-16(2)19(13-15)25-12-6-11-21(3,4)20(24)23-18-8-5-7-17(22)14-18/h5,7-10,13-14H,6,11-12,22H2,1-4H3,(H,23,24). The Kier molecular flexibility index (Phi) is 6.07. The van der Waals surface area contributed by atoms with Crippen molar-refractivity contribution in [2.75, 3.05) is 17.7 Å². The molecule has 0 saturated carbocycles. The number of hydrogen-bond acceptors (Lipinski definition) is 3. The van der Waals surface area contributed by atoms with Crippen molar-refractivity contribution < 1.29 is 9.53 Å². The third kappa shape index (κ3) is 5.52. The summed E-state index contributed by atoms with van der Waals surface area (Å²) in [5.41, 5.74) is 8.95. The zero-order valence-corrected chi connectivity index (χ0v) is 15.6. The first kappa shape index (κ1) is 18.8. The zero-order valence-electron chi connectivity index (χ0n) is 15.6. The van der Waals surface area contributed by atoms with Crippen LogP contribution in [0.5, 0.6) is 5.75 Å². The van der Waals surface area contributed by atoms with Gasteiger partial charge in [-0.2, -0.15) is 0 Å². The highest BCUT2D eigenvalue weighted by molar-refractivity contribution is 5.95. The minimum Gasteiger partial charge on any atom is -0.493 e. The second-order valence-corrected chi connectivity index (χ2v) is 7.18. The van der Waals surface area contributed by atoms with E-state index in [9.17, 15) is 4.79 Å². The van der Waals surface area contributed by atoms with E-state index in [2.05, 4.69) is 24.4 Å². The number of carbonyl (C=O) groups excluding carboxylic acids is 1. The van der Waals surface area contributed by atoms with E-state index in [1.807, 2.05) is 39.0 Å². The number of amides is 1. The van der Waals surface area contributed by atoms with E-state index in [1.54, 1.807) is 12.1 Å². The molecule has 0 aliphatic rings. The average Bonchev–Trinajstić information content (AvgIpc) is 2.54. The molecule has 3 N–H and O–H groups in total. The first-order valence-electron chi connectivity index (χ1n) is 8.65. The summed E-state index contributed by atoms with van der Waals surface area (Å²) in [4.78, 5) is 12.5. The molecule has 0 heterocycles. The van der Waals surface area contributed by atoms with Crippen LogP contribution in [-0.4, -0.2) is 12.5 Å². The third-order valence-electron chi connectivity index (χ3n) is 4.31. The van der Waals surface area contributed by atoms with Crippen LogP contribution in [0.15, 0.2) is 42.5 Å². The average molecular weight is 340 g/mol. The zero-order chi connectivity index (χ0) is 18.4. The number of hydrogen-bond donors (Lipinski definition) is 2. The molecule has 4 heteroatoms. The Bertz CT molecular complexity index is 738. The van der Waals surface area contributed by atoms with Crippen LogP contribution in [-0.2, 0) is 4.79 Å². The molecule has 0 atom stereocenters. The topological polar surface area (TPSA) is 64.3 Å². The number of nitrogen functional groups attached to an aromatic ring is 1. The van der Waals surface area contributed by atoms with Gasteiger partial charge in [-0.3, -0.25) is 4.79 Å². The van der Waals surface area contributed by atoms with Crippen LogP contribution in [0.25, 0.3) is 0 Å². The highest BCUT2D eigenvalue weighted by Crippen LogP contribution is 2.26. The van der Waals surface area contributed by atoms with Gasteiger partial charge < -0.3 is 15.8 Å². The summed E-state index contributed by atoms with van der Waals surface area (Å²) < 4.78 is 5.88. The highest BCUT2D eigenvalue weighted by Gasteiger charge is 2.27. The van der Waals surface area contributed by atoms with Crippen molar-refractivity contribution in [3.05, 3.63) is 53.6 Å². The van der Waals surface area contributed by atoms with E-state index in [0.717, 1.165) is 29.8 Å². The van der Waals surface area contributed by atoms with Crippen molar-refractivity contribution >= 4 is 17.3 Å². The van der Waals surface area contributed by atoms with Crippen LogP contribution in [0, 0.1) is 19.3 Å². The summed E-state index contributed by atoms with van der Waals surface area (Å²) >= 11 is 0. The van der Waals surface area contributed by atoms with Crippen LogP contribution in [0.3, 0.4) is 0 Å². The van der Waals surface area contributed by atoms with Crippen molar-refractivity contribution in [1.82, 2.24) is 0 Å². The molecule has 0 bridgehead atoms. The van der Waals surface area contributed by atoms with Crippen LogP contribution >= 0.6 is 0 Å². The monoisotopic (exact) mass is 340 g/mol. The Morgan fingerprint density at radius 3 is 2.64 bits per heavy atom. The van der Waals surface area contributed by atoms with E-state index < -0.39 is 5.41 Å². The molecule has 2 aromatic rings. The van der Waals surface area contributed by atoms with Crippen LogP contribution in [0.2, 0.25) is 0 Å². The van der Waals surface area contributed by atoms with Gasteiger partial charge in [0.2, 0.25) is 5.91 Å². The quantitative estimate of drug-likeness (QED) is 0.567. The molecular formula is C21H28N2O2. The Balaban J connectivity index is 1.84. The molecule has 2 rings (SSSR count).